The van der Waals surface area contributed by atoms with Gasteiger partial charge in [-0.1, -0.05) is 14.4 Å². The first kappa shape index (κ1) is 14.7. The molecule has 0 radical (unpaired) electrons. The van der Waals surface area contributed by atoms with E-state index in [0.717, 1.165) is 18.1 Å². The van der Waals surface area contributed by atoms with Gasteiger partial charge in [0.15, 0.2) is 0 Å². The molecule has 0 aromatic carbocycles. The summed E-state index contributed by atoms with van der Waals surface area (Å²) in [6, 6.07) is 0. The molecule has 74 valence electrons. The Morgan fingerprint density at radius 1 is 1.50 bits per heavy atom. The van der Waals surface area contributed by atoms with Crippen LogP contribution in [0.2, 0.25) is 0 Å². The molecule has 0 aliphatic carbocycles. The molecule has 0 aromatic rings. The van der Waals surface area contributed by atoms with Crippen LogP contribution in [0.3, 0.4) is 0 Å². The van der Waals surface area contributed by atoms with Crippen LogP contribution < -0.4 is 5.32 Å². The van der Waals surface area contributed by atoms with Gasteiger partial charge >= 0.3 is 0 Å². The second-order valence-corrected chi connectivity index (χ2v) is 4.24. The highest BCUT2D eigenvalue weighted by atomic mass is 32.2. The summed E-state index contributed by atoms with van der Waals surface area (Å²) in [5.74, 6) is 2.77. The fourth-order valence-electron chi connectivity index (χ4n) is 0.538. The summed E-state index contributed by atoms with van der Waals surface area (Å²) in [6.45, 7) is 2.85. The van der Waals surface area contributed by atoms with Gasteiger partial charge in [0.1, 0.15) is 0 Å². The molecule has 1 N–H and O–H groups in total. The van der Waals surface area contributed by atoms with Crippen LogP contribution in [0.4, 0.5) is 0 Å². The summed E-state index contributed by atoms with van der Waals surface area (Å²) < 4.78 is 0. The largest absolute Gasteiger partial charge is 0.355 e. The zero-order chi connectivity index (χ0) is 8.53. The zero-order valence-corrected chi connectivity index (χ0v) is 8.69. The number of carbonyl (C=O) groups is 1. The van der Waals surface area contributed by atoms with Crippen molar-refractivity contribution in [3.63, 3.8) is 0 Å². The molecular weight excluding hydrogens is 190 g/mol. The predicted octanol–water partition coefficient (Wildman–Crippen LogP) is 1.85. The van der Waals surface area contributed by atoms with E-state index in [9.17, 15) is 4.79 Å². The van der Waals surface area contributed by atoms with Crippen LogP contribution in [0, 0.1) is 0 Å². The molecule has 12 heavy (non-hydrogen) atoms. The van der Waals surface area contributed by atoms with Crippen molar-refractivity contribution in [2.24, 2.45) is 0 Å². The Balaban J connectivity index is 0. The van der Waals surface area contributed by atoms with Crippen LogP contribution in [-0.4, -0.2) is 36.0 Å². The molecule has 0 unspecified atom stereocenters. The standard InChI is InChI=1S/C7H15NOS2.CH4/c1-3-11-6-7(9)8-4-5-10-2;/h3-6H2,1-2H3,(H,8,9);1H4. The maximum atomic E-state index is 10.9. The van der Waals surface area contributed by atoms with Crippen molar-refractivity contribution < 1.29 is 4.79 Å². The molecule has 0 aliphatic rings. The monoisotopic (exact) mass is 209 g/mol. The smallest absolute Gasteiger partial charge is 0.230 e. The van der Waals surface area contributed by atoms with Crippen molar-refractivity contribution in [3.8, 4) is 0 Å². The number of thioether (sulfide) groups is 2. The molecule has 0 heterocycles. The molecule has 0 saturated heterocycles. The maximum Gasteiger partial charge on any atom is 0.230 e. The Labute approximate surface area is 84.3 Å². The second-order valence-electron chi connectivity index (χ2n) is 1.98. The van der Waals surface area contributed by atoms with E-state index in [4.69, 9.17) is 0 Å². The summed E-state index contributed by atoms with van der Waals surface area (Å²) in [7, 11) is 0. The fourth-order valence-corrected chi connectivity index (χ4v) is 1.34. The zero-order valence-electron chi connectivity index (χ0n) is 7.05. The first-order valence-electron chi connectivity index (χ1n) is 3.64. The summed E-state index contributed by atoms with van der Waals surface area (Å²) in [5.41, 5.74) is 0. The van der Waals surface area contributed by atoms with E-state index in [1.54, 1.807) is 23.5 Å². The van der Waals surface area contributed by atoms with Crippen molar-refractivity contribution in [2.75, 3.05) is 30.1 Å². The van der Waals surface area contributed by atoms with Crippen LogP contribution in [0.1, 0.15) is 14.4 Å². The van der Waals surface area contributed by atoms with Crippen molar-refractivity contribution in [2.45, 2.75) is 14.4 Å². The number of hydrogen-bond acceptors (Lipinski definition) is 3. The summed E-state index contributed by atoms with van der Waals surface area (Å²) in [6.07, 6.45) is 2.03. The Morgan fingerprint density at radius 3 is 2.67 bits per heavy atom. The van der Waals surface area contributed by atoms with Crippen LogP contribution in [0.15, 0.2) is 0 Å². The van der Waals surface area contributed by atoms with Crippen LogP contribution in [0.25, 0.3) is 0 Å². The minimum absolute atomic E-state index is 0. The van der Waals surface area contributed by atoms with E-state index in [0.29, 0.717) is 5.75 Å². The molecule has 0 aliphatic heterocycles. The quantitative estimate of drug-likeness (QED) is 0.677. The van der Waals surface area contributed by atoms with E-state index < -0.39 is 0 Å². The third-order valence-electron chi connectivity index (χ3n) is 1.07. The lowest BCUT2D eigenvalue weighted by molar-refractivity contribution is -0.118. The van der Waals surface area contributed by atoms with Crippen LogP contribution >= 0.6 is 23.5 Å². The molecule has 0 spiro atoms. The highest BCUT2D eigenvalue weighted by Gasteiger charge is 1.97. The number of carbonyl (C=O) groups excluding carboxylic acids is 1. The number of rotatable bonds is 6. The third kappa shape index (κ3) is 10.2. The lowest BCUT2D eigenvalue weighted by atomic mass is 10.6. The van der Waals surface area contributed by atoms with Gasteiger partial charge in [0.2, 0.25) is 5.91 Å². The minimum Gasteiger partial charge on any atom is -0.355 e. The normalized spacial score (nSPS) is 8.83. The maximum absolute atomic E-state index is 10.9. The lowest BCUT2D eigenvalue weighted by Gasteiger charge is -2.01. The first-order chi connectivity index (χ1) is 5.31. The summed E-state index contributed by atoms with van der Waals surface area (Å²) in [4.78, 5) is 10.9. The average Bonchev–Trinajstić information content (AvgIpc) is 2.01. The summed E-state index contributed by atoms with van der Waals surface area (Å²) >= 11 is 3.40. The van der Waals surface area contributed by atoms with Gasteiger partial charge in [0.05, 0.1) is 5.75 Å². The van der Waals surface area contributed by atoms with Gasteiger partial charge in [-0.25, -0.2) is 0 Å². The highest BCUT2D eigenvalue weighted by molar-refractivity contribution is 7.99. The van der Waals surface area contributed by atoms with Gasteiger partial charge < -0.3 is 5.32 Å². The Hall–Kier alpha value is 0.170. The Morgan fingerprint density at radius 2 is 2.17 bits per heavy atom. The van der Waals surface area contributed by atoms with Gasteiger partial charge in [0, 0.05) is 12.3 Å². The molecule has 4 heteroatoms. The number of hydrogen-bond donors (Lipinski definition) is 1. The van der Waals surface area contributed by atoms with Crippen molar-refractivity contribution >= 4 is 29.4 Å². The lowest BCUT2D eigenvalue weighted by Crippen LogP contribution is -2.27. The molecule has 0 saturated carbocycles. The molecular formula is C8H19NOS2. The van der Waals surface area contributed by atoms with Crippen LogP contribution in [0.5, 0.6) is 0 Å². The summed E-state index contributed by atoms with van der Waals surface area (Å²) in [5, 5.41) is 2.84. The Kier molecular flexibility index (Phi) is 13.7. The van der Waals surface area contributed by atoms with Gasteiger partial charge in [0.25, 0.3) is 0 Å². The third-order valence-corrected chi connectivity index (χ3v) is 2.55. The molecule has 0 bridgehead atoms. The van der Waals surface area contributed by atoms with E-state index in [1.165, 1.54) is 0 Å². The van der Waals surface area contributed by atoms with Crippen molar-refractivity contribution in [3.05, 3.63) is 0 Å². The molecule has 0 aromatic heterocycles. The fraction of sp³-hybridized carbons (Fsp3) is 0.875. The van der Waals surface area contributed by atoms with Crippen molar-refractivity contribution in [1.29, 1.82) is 0 Å². The van der Waals surface area contributed by atoms with E-state index in [1.807, 2.05) is 6.26 Å². The predicted molar refractivity (Wildman–Crippen MR) is 61.1 cm³/mol. The molecule has 2 nitrogen and oxygen atoms in total. The topological polar surface area (TPSA) is 29.1 Å². The number of nitrogens with one attached hydrogen (secondary N) is 1. The van der Waals surface area contributed by atoms with Crippen LogP contribution in [-0.2, 0) is 4.79 Å². The van der Waals surface area contributed by atoms with Gasteiger partial charge in [-0.3, -0.25) is 4.79 Å². The first-order valence-corrected chi connectivity index (χ1v) is 6.19. The van der Waals surface area contributed by atoms with Gasteiger partial charge in [-0.05, 0) is 12.0 Å². The number of amides is 1. The van der Waals surface area contributed by atoms with E-state index in [-0.39, 0.29) is 13.3 Å². The Bertz CT molecular complexity index is 109. The minimum atomic E-state index is 0. The highest BCUT2D eigenvalue weighted by Crippen LogP contribution is 1.96. The SMILES string of the molecule is C.CCSCC(=O)NCCSC. The molecule has 0 fully saturated rings. The van der Waals surface area contributed by atoms with Gasteiger partial charge in [-0.2, -0.15) is 23.5 Å². The van der Waals surface area contributed by atoms with Gasteiger partial charge in [-0.15, -0.1) is 0 Å². The molecule has 1 amide bonds. The van der Waals surface area contributed by atoms with E-state index >= 15 is 0 Å². The van der Waals surface area contributed by atoms with E-state index in [2.05, 4.69) is 12.2 Å². The second kappa shape index (κ2) is 11.2. The van der Waals surface area contributed by atoms with Crippen molar-refractivity contribution in [1.82, 2.24) is 5.32 Å². The average molecular weight is 209 g/mol. The molecule has 0 atom stereocenters. The molecule has 0 rings (SSSR count).